The van der Waals surface area contributed by atoms with Gasteiger partial charge < -0.3 is 19.8 Å². The van der Waals surface area contributed by atoms with E-state index in [1.54, 1.807) is 11.8 Å². The number of amides is 1. The second kappa shape index (κ2) is 6.23. The second-order valence-electron chi connectivity index (χ2n) is 5.54. The van der Waals surface area contributed by atoms with Crippen molar-refractivity contribution in [2.24, 2.45) is 0 Å². The molecule has 0 spiro atoms. The molecule has 0 atom stereocenters. The lowest BCUT2D eigenvalue weighted by Crippen LogP contribution is -2.25. The summed E-state index contributed by atoms with van der Waals surface area (Å²) >= 11 is 0. The van der Waals surface area contributed by atoms with Crippen molar-refractivity contribution in [2.45, 2.75) is 20.0 Å². The molecule has 2 aromatic rings. The van der Waals surface area contributed by atoms with E-state index in [9.17, 15) is 19.8 Å². The van der Waals surface area contributed by atoms with Gasteiger partial charge in [-0.15, -0.1) is 0 Å². The van der Waals surface area contributed by atoms with Crippen molar-refractivity contribution >= 4 is 11.9 Å². The molecule has 0 aliphatic carbocycles. The van der Waals surface area contributed by atoms with Crippen LogP contribution in [0, 0.1) is 0 Å². The number of rotatable bonds is 3. The van der Waals surface area contributed by atoms with Gasteiger partial charge in [0.25, 0.3) is 5.91 Å². The minimum atomic E-state index is -0.742. The van der Waals surface area contributed by atoms with Crippen LogP contribution in [0.5, 0.6) is 11.5 Å². The Morgan fingerprint density at radius 1 is 1.04 bits per heavy atom. The molecule has 0 aromatic heterocycles. The van der Waals surface area contributed by atoms with E-state index in [4.69, 9.17) is 4.74 Å². The zero-order valence-electron chi connectivity index (χ0n) is 13.2. The zero-order valence-corrected chi connectivity index (χ0v) is 13.2. The lowest BCUT2D eigenvalue weighted by Gasteiger charge is -2.17. The smallest absolute Gasteiger partial charge is 0.341 e. The van der Waals surface area contributed by atoms with E-state index in [1.165, 1.54) is 6.07 Å². The van der Waals surface area contributed by atoms with Gasteiger partial charge in [0.05, 0.1) is 12.2 Å². The summed E-state index contributed by atoms with van der Waals surface area (Å²) in [5.74, 6) is -1.95. The number of phenolic OH excluding ortho intramolecular Hbond substituents is 2. The number of nitrogens with zero attached hydrogens (tertiary/aromatic N) is 1. The first-order valence-corrected chi connectivity index (χ1v) is 7.60. The minimum absolute atomic E-state index is 0.0383. The van der Waals surface area contributed by atoms with Crippen molar-refractivity contribution in [2.75, 3.05) is 6.61 Å². The van der Waals surface area contributed by atoms with E-state index in [0.29, 0.717) is 13.1 Å². The molecule has 124 valence electrons. The van der Waals surface area contributed by atoms with Crippen LogP contribution in [0.15, 0.2) is 36.4 Å². The maximum atomic E-state index is 12.7. The highest BCUT2D eigenvalue weighted by Crippen LogP contribution is 2.31. The summed E-state index contributed by atoms with van der Waals surface area (Å²) in [6, 6.07) is 9.87. The Balaban J connectivity index is 1.91. The molecule has 1 heterocycles. The number of hydrogen-bond donors (Lipinski definition) is 2. The number of carbonyl (C=O) groups is 2. The van der Waals surface area contributed by atoms with Gasteiger partial charge in [0.2, 0.25) is 0 Å². The maximum Gasteiger partial charge on any atom is 0.341 e. The van der Waals surface area contributed by atoms with Crippen molar-refractivity contribution in [3.8, 4) is 11.5 Å². The molecule has 1 aliphatic rings. The molecule has 2 aromatic carbocycles. The minimum Gasteiger partial charge on any atom is -0.507 e. The van der Waals surface area contributed by atoms with Gasteiger partial charge in [-0.1, -0.05) is 24.3 Å². The topological polar surface area (TPSA) is 87.1 Å². The monoisotopic (exact) mass is 327 g/mol. The van der Waals surface area contributed by atoms with Crippen LogP contribution < -0.4 is 0 Å². The van der Waals surface area contributed by atoms with E-state index in [2.05, 4.69) is 0 Å². The summed E-state index contributed by atoms with van der Waals surface area (Å²) in [4.78, 5) is 26.2. The molecular weight excluding hydrogens is 310 g/mol. The number of benzene rings is 2. The van der Waals surface area contributed by atoms with E-state index in [0.717, 1.165) is 17.2 Å². The number of esters is 1. The Morgan fingerprint density at radius 3 is 2.21 bits per heavy atom. The predicted octanol–water partition coefficient (Wildman–Crippen LogP) is 2.43. The van der Waals surface area contributed by atoms with Gasteiger partial charge in [-0.05, 0) is 24.1 Å². The van der Waals surface area contributed by atoms with Gasteiger partial charge >= 0.3 is 5.97 Å². The van der Waals surface area contributed by atoms with Gasteiger partial charge in [0, 0.05) is 19.2 Å². The zero-order chi connectivity index (χ0) is 17.3. The van der Waals surface area contributed by atoms with Crippen LogP contribution in [-0.2, 0) is 17.8 Å². The third-order valence-electron chi connectivity index (χ3n) is 3.97. The van der Waals surface area contributed by atoms with E-state index >= 15 is 0 Å². The number of carbonyl (C=O) groups excluding carboxylic acids is 2. The first-order valence-electron chi connectivity index (χ1n) is 7.60. The lowest BCUT2D eigenvalue weighted by atomic mass is 10.1. The van der Waals surface area contributed by atoms with Crippen LogP contribution >= 0.6 is 0 Å². The fourth-order valence-corrected chi connectivity index (χ4v) is 2.77. The average molecular weight is 327 g/mol. The van der Waals surface area contributed by atoms with Crippen molar-refractivity contribution in [3.05, 3.63) is 58.7 Å². The summed E-state index contributed by atoms with van der Waals surface area (Å²) in [5.41, 5.74) is 1.92. The molecule has 0 unspecified atom stereocenters. The lowest BCUT2D eigenvalue weighted by molar-refractivity contribution is 0.0523. The quantitative estimate of drug-likeness (QED) is 0.846. The Labute approximate surface area is 138 Å². The van der Waals surface area contributed by atoms with Crippen molar-refractivity contribution in [1.29, 1.82) is 0 Å². The molecule has 2 N–H and O–H groups in total. The van der Waals surface area contributed by atoms with Gasteiger partial charge in [-0.2, -0.15) is 0 Å². The summed E-state index contributed by atoms with van der Waals surface area (Å²) in [5, 5.41) is 19.8. The number of ether oxygens (including phenoxy) is 1. The molecule has 0 fully saturated rings. The Kier molecular flexibility index (Phi) is 4.12. The first kappa shape index (κ1) is 15.9. The van der Waals surface area contributed by atoms with Crippen molar-refractivity contribution in [1.82, 2.24) is 4.90 Å². The summed E-state index contributed by atoms with van der Waals surface area (Å²) < 4.78 is 4.85. The number of hydrogen-bond acceptors (Lipinski definition) is 5. The average Bonchev–Trinajstić information content (AvgIpc) is 2.98. The number of phenols is 2. The highest BCUT2D eigenvalue weighted by molar-refractivity contribution is 6.01. The summed E-state index contributed by atoms with van der Waals surface area (Å²) in [6.07, 6.45) is 0. The molecule has 6 heteroatoms. The van der Waals surface area contributed by atoms with Gasteiger partial charge in [-0.3, -0.25) is 4.79 Å². The number of fused-ring (bicyclic) bond motifs is 1. The molecule has 0 saturated carbocycles. The third kappa shape index (κ3) is 2.78. The standard InChI is InChI=1S/C18H17NO5/c1-2-24-18(23)14-7-13(15(20)8-16(14)21)17(22)19-9-11-5-3-4-6-12(11)10-19/h3-8,20-21H,2,9-10H2,1H3. The highest BCUT2D eigenvalue weighted by atomic mass is 16.5. The van der Waals surface area contributed by atoms with E-state index in [1.807, 2.05) is 24.3 Å². The fourth-order valence-electron chi connectivity index (χ4n) is 2.77. The fraction of sp³-hybridized carbons (Fsp3) is 0.222. The largest absolute Gasteiger partial charge is 0.507 e. The predicted molar refractivity (Wildman–Crippen MR) is 85.7 cm³/mol. The summed E-state index contributed by atoms with van der Waals surface area (Å²) in [7, 11) is 0. The molecular formula is C18H17NO5. The molecule has 1 amide bonds. The molecule has 0 radical (unpaired) electrons. The Hall–Kier alpha value is -3.02. The highest BCUT2D eigenvalue weighted by Gasteiger charge is 2.27. The van der Waals surface area contributed by atoms with Crippen molar-refractivity contribution < 1.29 is 24.5 Å². The van der Waals surface area contributed by atoms with Gasteiger partial charge in [0.1, 0.15) is 17.1 Å². The second-order valence-corrected chi connectivity index (χ2v) is 5.54. The Bertz CT molecular complexity index is 790. The van der Waals surface area contributed by atoms with Crippen LogP contribution in [0.4, 0.5) is 0 Å². The van der Waals surface area contributed by atoms with Crippen LogP contribution in [0.3, 0.4) is 0 Å². The van der Waals surface area contributed by atoms with Crippen LogP contribution in [0.25, 0.3) is 0 Å². The molecule has 3 rings (SSSR count). The molecule has 0 bridgehead atoms. The third-order valence-corrected chi connectivity index (χ3v) is 3.97. The van der Waals surface area contributed by atoms with Gasteiger partial charge in [0.15, 0.2) is 0 Å². The first-order chi connectivity index (χ1) is 11.5. The molecule has 1 aliphatic heterocycles. The SMILES string of the molecule is CCOC(=O)c1cc(C(=O)N2Cc3ccccc3C2)c(O)cc1O. The van der Waals surface area contributed by atoms with E-state index < -0.39 is 17.6 Å². The van der Waals surface area contributed by atoms with E-state index in [-0.39, 0.29) is 23.5 Å². The maximum absolute atomic E-state index is 12.7. The molecule has 24 heavy (non-hydrogen) atoms. The van der Waals surface area contributed by atoms with Crippen molar-refractivity contribution in [3.63, 3.8) is 0 Å². The Morgan fingerprint density at radius 2 is 1.62 bits per heavy atom. The summed E-state index contributed by atoms with van der Waals surface area (Å²) in [6.45, 7) is 2.65. The normalized spacial score (nSPS) is 12.8. The van der Waals surface area contributed by atoms with Crippen LogP contribution in [-0.4, -0.2) is 33.6 Å². The number of aromatic hydroxyl groups is 2. The molecule has 6 nitrogen and oxygen atoms in total. The van der Waals surface area contributed by atoms with Crippen LogP contribution in [0.2, 0.25) is 0 Å². The van der Waals surface area contributed by atoms with Crippen LogP contribution in [0.1, 0.15) is 38.8 Å². The van der Waals surface area contributed by atoms with Gasteiger partial charge in [-0.25, -0.2) is 4.79 Å². The molecule has 0 saturated heterocycles.